The van der Waals surface area contributed by atoms with Gasteiger partial charge < -0.3 is 140 Å². The van der Waals surface area contributed by atoms with Gasteiger partial charge in [0.25, 0.3) is 0 Å². The molecule has 30 nitrogen and oxygen atoms in total. The molecular weight excluding hydrogens is 1360 g/mol. The molecule has 0 radical (unpaired) electrons. The fourth-order valence-electron chi connectivity index (χ4n) is 14.0. The highest BCUT2D eigenvalue weighted by Gasteiger charge is 2.57. The second-order valence-electron chi connectivity index (χ2n) is 28.9. The molecule has 5 fully saturated rings. The third kappa shape index (κ3) is 30.2. The van der Waals surface area contributed by atoms with Gasteiger partial charge in [0.05, 0.1) is 51.8 Å². The Morgan fingerprint density at radius 3 is 1.16 bits per heavy atom. The number of hydrogen-bond acceptors (Lipinski definition) is 28. The van der Waals surface area contributed by atoms with E-state index in [0.717, 1.165) is 58.3 Å². The van der Waals surface area contributed by atoms with Crippen LogP contribution in [-0.2, 0) is 57.0 Å². The highest BCUT2D eigenvalue weighted by atomic mass is 16.8. The molecule has 27 atom stereocenters. The van der Waals surface area contributed by atoms with E-state index in [1.165, 1.54) is 135 Å². The van der Waals surface area contributed by atoms with Gasteiger partial charge in [0.15, 0.2) is 31.5 Å². The Balaban J connectivity index is 1.14. The molecule has 104 heavy (non-hydrogen) atoms. The maximum absolute atomic E-state index is 13.5. The van der Waals surface area contributed by atoms with Crippen LogP contribution >= 0.6 is 0 Å². The second-order valence-corrected chi connectivity index (χ2v) is 28.9. The largest absolute Gasteiger partial charge is 0.394 e. The molecule has 608 valence electrons. The fraction of sp³-hybridized carbons (Fsp3) is 0.919. The Kier molecular flexibility index (Phi) is 45.8. The van der Waals surface area contributed by atoms with Gasteiger partial charge in [-0.3, -0.25) is 9.59 Å². The SMILES string of the molecule is CCCCCCCC/C=C\CCCCCCCCCCCCCC(=O)N[C@@H](CO[C@@H]1OC(CO)[C@@H](O[C@@H]2OC(CO)[C@H](O[C@@H]3OC(CO)[C@H](O)[C@H](O[C@@H]4OC(CO)[C@H](O[C@@H]5OC(CO)[C@H](O)[C@H](O)C5O)[C@H](O)C4NC(C)=O)C3O)[C@H](O)C2O)[C@H](O)C1O)[C@H](O)/C=C/CCCCCCCCCCCCC. The molecule has 5 saturated heterocycles. The number of carbonyl (C=O) groups is 2. The number of ether oxygens (including phenoxy) is 10. The van der Waals surface area contributed by atoms with Crippen molar-refractivity contribution in [3.63, 3.8) is 0 Å². The summed E-state index contributed by atoms with van der Waals surface area (Å²) in [7, 11) is 0. The first-order valence-corrected chi connectivity index (χ1v) is 39.1. The van der Waals surface area contributed by atoms with Crippen LogP contribution in [0.15, 0.2) is 24.3 Å². The lowest BCUT2D eigenvalue weighted by Crippen LogP contribution is -2.70. The molecule has 5 aliphatic rings. The number of allylic oxidation sites excluding steroid dienone is 3. The Morgan fingerprint density at radius 1 is 0.375 bits per heavy atom. The zero-order valence-electron chi connectivity index (χ0n) is 61.8. The molecule has 2 amide bonds. The van der Waals surface area contributed by atoms with E-state index in [4.69, 9.17) is 47.4 Å². The minimum Gasteiger partial charge on any atom is -0.394 e. The minimum absolute atomic E-state index is 0.195. The van der Waals surface area contributed by atoms with E-state index in [0.29, 0.717) is 12.8 Å². The van der Waals surface area contributed by atoms with Gasteiger partial charge in [0.1, 0.15) is 122 Å². The van der Waals surface area contributed by atoms with Gasteiger partial charge in [-0.05, 0) is 44.9 Å². The fourth-order valence-corrected chi connectivity index (χ4v) is 14.0. The Labute approximate surface area is 614 Å². The van der Waals surface area contributed by atoms with Crippen molar-refractivity contribution >= 4 is 11.8 Å². The number of unbranched alkanes of at least 4 members (excludes halogenated alkanes) is 28. The van der Waals surface area contributed by atoms with Crippen LogP contribution in [0.5, 0.6) is 0 Å². The van der Waals surface area contributed by atoms with Crippen molar-refractivity contribution < 1.29 is 139 Å². The van der Waals surface area contributed by atoms with Gasteiger partial charge in [0, 0.05) is 13.3 Å². The average molecular weight is 1500 g/mol. The van der Waals surface area contributed by atoms with Gasteiger partial charge in [-0.1, -0.05) is 192 Å². The standard InChI is InChI=1S/C74H134N2O28/c1-4-6-8-10-12-14-16-18-19-20-21-22-23-24-25-27-29-31-33-35-37-39-54(84)76-47(48(83)38-36-34-32-30-28-26-17-15-13-11-9-7-5-2)45-95-71-63(92)60(89)67(52(43-80)99-71)102-73-64(93)61(90)68(53(44-81)100-73)103-74-65(94)69(57(86)50(41-78)97-74)104-70-55(75-46(3)82)58(87)66(51(42-79)98-70)101-72-62(91)59(88)56(85)49(40-77)96-72/h18-19,36,38,47-53,55-74,77-81,83,85-94H,4-17,20-35,37,39-45H2,1-3H3,(H,75,82)(H,76,84)/b19-18-,38-36+/t47-,48+,49?,50?,51?,52?,53?,55?,56-,57-,58+,59-,60+,61+,62?,63?,64?,65?,66-,67+,68-,69-,70-,71+,72-,73-,74-/m0/s1. The number of nitrogens with one attached hydrogen (secondary N) is 2. The summed E-state index contributed by atoms with van der Waals surface area (Å²) in [6.07, 6.45) is -1.49. The quantitative estimate of drug-likeness (QED) is 0.0304. The summed E-state index contributed by atoms with van der Waals surface area (Å²) >= 11 is 0. The van der Waals surface area contributed by atoms with Crippen molar-refractivity contribution in [1.29, 1.82) is 0 Å². The number of aliphatic hydroxyl groups excluding tert-OH is 16. The molecule has 0 aromatic rings. The van der Waals surface area contributed by atoms with E-state index in [2.05, 4.69) is 36.6 Å². The molecule has 0 spiro atoms. The van der Waals surface area contributed by atoms with Gasteiger partial charge in [-0.25, -0.2) is 0 Å². The predicted molar refractivity (Wildman–Crippen MR) is 377 cm³/mol. The third-order valence-corrected chi connectivity index (χ3v) is 20.4. The van der Waals surface area contributed by atoms with Crippen LogP contribution in [0.1, 0.15) is 226 Å². The lowest BCUT2D eigenvalue weighted by Gasteiger charge is -2.50. The molecule has 10 unspecified atom stereocenters. The maximum Gasteiger partial charge on any atom is 0.220 e. The first kappa shape index (κ1) is 92.0. The Hall–Kier alpha value is -2.62. The van der Waals surface area contributed by atoms with Crippen molar-refractivity contribution in [2.75, 3.05) is 39.6 Å². The highest BCUT2D eigenvalue weighted by Crippen LogP contribution is 2.37. The number of rotatable bonds is 53. The van der Waals surface area contributed by atoms with Crippen LogP contribution in [0.4, 0.5) is 0 Å². The van der Waals surface area contributed by atoms with Crippen LogP contribution < -0.4 is 10.6 Å². The topological polar surface area (TPSA) is 474 Å². The monoisotopic (exact) mass is 1500 g/mol. The Morgan fingerprint density at radius 2 is 0.721 bits per heavy atom. The van der Waals surface area contributed by atoms with E-state index in [-0.39, 0.29) is 12.3 Å². The second kappa shape index (κ2) is 51.8. The third-order valence-electron chi connectivity index (χ3n) is 20.4. The summed E-state index contributed by atoms with van der Waals surface area (Å²) in [5.74, 6) is -1.12. The molecule has 30 heteroatoms. The van der Waals surface area contributed by atoms with Crippen molar-refractivity contribution in [3.8, 4) is 0 Å². The predicted octanol–water partition coefficient (Wildman–Crippen LogP) is 1.72. The molecular formula is C74H134N2O28. The summed E-state index contributed by atoms with van der Waals surface area (Å²) in [5.41, 5.74) is 0. The van der Waals surface area contributed by atoms with Crippen LogP contribution in [-0.4, -0.2) is 299 Å². The van der Waals surface area contributed by atoms with Crippen LogP contribution in [0.2, 0.25) is 0 Å². The van der Waals surface area contributed by atoms with Crippen LogP contribution in [0.25, 0.3) is 0 Å². The molecule has 0 saturated carbocycles. The number of carbonyl (C=O) groups excluding carboxylic acids is 2. The lowest BCUT2D eigenvalue weighted by molar-refractivity contribution is -0.389. The maximum atomic E-state index is 13.5. The normalized spacial score (nSPS) is 34.8. The molecule has 0 aromatic heterocycles. The van der Waals surface area contributed by atoms with Gasteiger partial charge in [-0.2, -0.15) is 0 Å². The van der Waals surface area contributed by atoms with Crippen LogP contribution in [0, 0.1) is 0 Å². The van der Waals surface area contributed by atoms with E-state index in [1.807, 2.05) is 6.08 Å². The summed E-state index contributed by atoms with van der Waals surface area (Å²) in [5, 5.41) is 181. The summed E-state index contributed by atoms with van der Waals surface area (Å²) in [6, 6.07) is -2.75. The van der Waals surface area contributed by atoms with Gasteiger partial charge >= 0.3 is 0 Å². The van der Waals surface area contributed by atoms with Gasteiger partial charge in [0.2, 0.25) is 11.8 Å². The summed E-state index contributed by atoms with van der Waals surface area (Å²) in [4.78, 5) is 26.1. The van der Waals surface area contributed by atoms with Crippen molar-refractivity contribution in [1.82, 2.24) is 10.6 Å². The minimum atomic E-state index is -2.17. The van der Waals surface area contributed by atoms with Gasteiger partial charge in [-0.15, -0.1) is 0 Å². The zero-order valence-corrected chi connectivity index (χ0v) is 61.8. The van der Waals surface area contributed by atoms with Crippen molar-refractivity contribution in [2.24, 2.45) is 0 Å². The summed E-state index contributed by atoms with van der Waals surface area (Å²) < 4.78 is 58.3. The molecule has 0 aromatic carbocycles. The highest BCUT2D eigenvalue weighted by molar-refractivity contribution is 5.76. The molecule has 0 aliphatic carbocycles. The van der Waals surface area contributed by atoms with Crippen LogP contribution in [0.3, 0.4) is 0 Å². The van der Waals surface area contributed by atoms with Crippen molar-refractivity contribution in [2.45, 2.75) is 392 Å². The molecule has 5 aliphatic heterocycles. The first-order valence-electron chi connectivity index (χ1n) is 39.1. The average Bonchev–Trinajstić information content (AvgIpc) is 0.775. The summed E-state index contributed by atoms with van der Waals surface area (Å²) in [6.45, 7) is 0.388. The van der Waals surface area contributed by atoms with E-state index in [9.17, 15) is 91.3 Å². The van der Waals surface area contributed by atoms with E-state index < -0.39 is 211 Å². The molecule has 5 heterocycles. The number of hydrogen-bond donors (Lipinski definition) is 18. The number of amides is 2. The van der Waals surface area contributed by atoms with E-state index in [1.54, 1.807) is 6.08 Å². The number of aliphatic hydroxyl groups is 16. The lowest BCUT2D eigenvalue weighted by atomic mass is 9.94. The molecule has 5 rings (SSSR count). The van der Waals surface area contributed by atoms with Crippen molar-refractivity contribution in [3.05, 3.63) is 24.3 Å². The molecule has 18 N–H and O–H groups in total. The zero-order chi connectivity index (χ0) is 75.9. The van der Waals surface area contributed by atoms with E-state index >= 15 is 0 Å². The Bertz CT molecular complexity index is 2300. The first-order chi connectivity index (χ1) is 50.2. The smallest absolute Gasteiger partial charge is 0.220 e. The molecule has 0 bridgehead atoms.